The molecule has 0 fully saturated rings. The standard InChI is InChI=1S/C13H10FO2/c1-9-11(14)7-8-12(15)13(9)16-10-5-3-2-4-6-10/h2-8H,1H3. The Hall–Kier alpha value is -2.03. The molecule has 3 heteroatoms. The summed E-state index contributed by atoms with van der Waals surface area (Å²) >= 11 is 0. The van der Waals surface area contributed by atoms with Crippen LogP contribution in [0.1, 0.15) is 5.56 Å². The number of ether oxygens (including phenoxy) is 1. The maximum absolute atomic E-state index is 13.2. The minimum atomic E-state index is -0.439. The summed E-state index contributed by atoms with van der Waals surface area (Å²) in [4.78, 5) is 0. The number of halogens is 1. The topological polar surface area (TPSA) is 29.1 Å². The van der Waals surface area contributed by atoms with Gasteiger partial charge in [0.2, 0.25) is 5.75 Å². The van der Waals surface area contributed by atoms with Crippen molar-refractivity contribution < 1.29 is 14.2 Å². The van der Waals surface area contributed by atoms with Crippen LogP contribution >= 0.6 is 0 Å². The van der Waals surface area contributed by atoms with E-state index in [4.69, 9.17) is 4.74 Å². The van der Waals surface area contributed by atoms with Crippen LogP contribution in [0.15, 0.2) is 42.5 Å². The van der Waals surface area contributed by atoms with Crippen molar-refractivity contribution in [1.82, 2.24) is 0 Å². The Kier molecular flexibility index (Phi) is 2.77. The number of benzene rings is 2. The molecule has 2 nitrogen and oxygen atoms in total. The maximum atomic E-state index is 13.2. The van der Waals surface area contributed by atoms with Crippen molar-refractivity contribution in [3.05, 3.63) is 53.8 Å². The first kappa shape index (κ1) is 10.5. The minimum Gasteiger partial charge on any atom is -0.453 e. The van der Waals surface area contributed by atoms with Gasteiger partial charge >= 0.3 is 0 Å². The summed E-state index contributed by atoms with van der Waals surface area (Å²) in [7, 11) is 0. The van der Waals surface area contributed by atoms with E-state index in [-0.39, 0.29) is 17.1 Å². The highest BCUT2D eigenvalue weighted by Gasteiger charge is 2.12. The lowest BCUT2D eigenvalue weighted by Gasteiger charge is -2.09. The molecule has 0 aliphatic carbocycles. The van der Waals surface area contributed by atoms with Crippen LogP contribution in [-0.2, 0) is 5.11 Å². The molecule has 2 aromatic rings. The third-order valence-electron chi connectivity index (χ3n) is 2.27. The molecular weight excluding hydrogens is 207 g/mol. The van der Waals surface area contributed by atoms with Gasteiger partial charge in [-0.05, 0) is 31.2 Å². The smallest absolute Gasteiger partial charge is 0.221 e. The van der Waals surface area contributed by atoms with E-state index in [2.05, 4.69) is 0 Å². The van der Waals surface area contributed by atoms with Gasteiger partial charge in [0, 0.05) is 5.56 Å². The second-order valence-corrected chi connectivity index (χ2v) is 3.41. The Morgan fingerprint density at radius 1 is 1.06 bits per heavy atom. The average molecular weight is 217 g/mol. The molecule has 2 aromatic carbocycles. The monoisotopic (exact) mass is 217 g/mol. The SMILES string of the molecule is Cc1c(F)ccc([O])c1Oc1ccccc1. The van der Waals surface area contributed by atoms with E-state index < -0.39 is 5.82 Å². The van der Waals surface area contributed by atoms with E-state index in [1.165, 1.54) is 13.0 Å². The summed E-state index contributed by atoms with van der Waals surface area (Å²) in [6.45, 7) is 1.52. The molecule has 0 aliphatic rings. The summed E-state index contributed by atoms with van der Waals surface area (Å²) in [6, 6.07) is 11.1. The molecule has 2 rings (SSSR count). The Morgan fingerprint density at radius 3 is 2.44 bits per heavy atom. The summed E-state index contributed by atoms with van der Waals surface area (Å²) < 4.78 is 18.6. The van der Waals surface area contributed by atoms with Crippen molar-refractivity contribution in [3.63, 3.8) is 0 Å². The zero-order chi connectivity index (χ0) is 11.5. The lowest BCUT2D eigenvalue weighted by molar-refractivity contribution is 0.326. The molecule has 0 saturated carbocycles. The molecule has 81 valence electrons. The van der Waals surface area contributed by atoms with Gasteiger partial charge in [0.25, 0.3) is 0 Å². The molecule has 0 aliphatic heterocycles. The van der Waals surface area contributed by atoms with Gasteiger partial charge in [-0.15, -0.1) is 0 Å². The molecule has 0 aromatic heterocycles. The fourth-order valence-corrected chi connectivity index (χ4v) is 1.38. The molecule has 1 radical (unpaired) electrons. The van der Waals surface area contributed by atoms with Crippen LogP contribution in [0.25, 0.3) is 0 Å². The fraction of sp³-hybridized carbons (Fsp3) is 0.0769. The van der Waals surface area contributed by atoms with Gasteiger partial charge in [-0.2, -0.15) is 0 Å². The number of para-hydroxylation sites is 1. The molecule has 0 N–H and O–H groups in total. The van der Waals surface area contributed by atoms with Crippen LogP contribution in [0.3, 0.4) is 0 Å². The predicted octanol–water partition coefficient (Wildman–Crippen LogP) is 4.07. The summed E-state index contributed by atoms with van der Waals surface area (Å²) in [5, 5.41) is 11.5. The quantitative estimate of drug-likeness (QED) is 0.745. The van der Waals surface area contributed by atoms with Crippen LogP contribution in [-0.4, -0.2) is 0 Å². The third kappa shape index (κ3) is 1.98. The van der Waals surface area contributed by atoms with Gasteiger partial charge in [0.05, 0.1) is 0 Å². The molecule has 0 heterocycles. The van der Waals surface area contributed by atoms with Gasteiger partial charge in [0.15, 0.2) is 5.75 Å². The normalized spacial score (nSPS) is 10.1. The first-order chi connectivity index (χ1) is 7.68. The highest BCUT2D eigenvalue weighted by atomic mass is 19.1. The van der Waals surface area contributed by atoms with Crippen molar-refractivity contribution >= 4 is 0 Å². The van der Waals surface area contributed by atoms with Crippen LogP contribution in [0, 0.1) is 12.7 Å². The van der Waals surface area contributed by atoms with Gasteiger partial charge in [-0.25, -0.2) is 4.39 Å². The number of rotatable bonds is 2. The van der Waals surface area contributed by atoms with Crippen LogP contribution in [0.2, 0.25) is 0 Å². The molecule has 0 saturated heterocycles. The van der Waals surface area contributed by atoms with Crippen LogP contribution < -0.4 is 4.74 Å². The van der Waals surface area contributed by atoms with Crippen molar-refractivity contribution in [1.29, 1.82) is 0 Å². The van der Waals surface area contributed by atoms with Gasteiger partial charge in [-0.1, -0.05) is 18.2 Å². The lowest BCUT2D eigenvalue weighted by Crippen LogP contribution is -1.90. The summed E-state index contributed by atoms with van der Waals surface area (Å²) in [5.41, 5.74) is 0.233. The van der Waals surface area contributed by atoms with Crippen LogP contribution in [0.5, 0.6) is 17.2 Å². The van der Waals surface area contributed by atoms with Crippen molar-refractivity contribution in [2.45, 2.75) is 6.92 Å². The Morgan fingerprint density at radius 2 is 1.75 bits per heavy atom. The Bertz CT molecular complexity index is 495. The minimum absolute atomic E-state index is 0.0474. The second kappa shape index (κ2) is 4.23. The van der Waals surface area contributed by atoms with Gasteiger partial charge in [0.1, 0.15) is 11.6 Å². The molecule has 0 atom stereocenters. The number of hydrogen-bond acceptors (Lipinski definition) is 1. The summed E-state index contributed by atoms with van der Waals surface area (Å²) in [5.74, 6) is -0.187. The largest absolute Gasteiger partial charge is 0.453 e. The zero-order valence-electron chi connectivity index (χ0n) is 8.74. The van der Waals surface area contributed by atoms with Crippen molar-refractivity contribution in [3.8, 4) is 17.2 Å². The zero-order valence-corrected chi connectivity index (χ0v) is 8.74. The first-order valence-electron chi connectivity index (χ1n) is 4.87. The van der Waals surface area contributed by atoms with Crippen molar-refractivity contribution in [2.75, 3.05) is 0 Å². The third-order valence-corrected chi connectivity index (χ3v) is 2.27. The van der Waals surface area contributed by atoms with E-state index in [0.29, 0.717) is 5.75 Å². The maximum Gasteiger partial charge on any atom is 0.221 e. The highest BCUT2D eigenvalue weighted by Crippen LogP contribution is 2.35. The Labute approximate surface area is 92.9 Å². The van der Waals surface area contributed by atoms with E-state index in [9.17, 15) is 9.50 Å². The lowest BCUT2D eigenvalue weighted by atomic mass is 10.2. The predicted molar refractivity (Wildman–Crippen MR) is 57.8 cm³/mol. The van der Waals surface area contributed by atoms with Gasteiger partial charge in [-0.3, -0.25) is 5.11 Å². The van der Waals surface area contributed by atoms with Crippen LogP contribution in [0.4, 0.5) is 4.39 Å². The molecule has 0 spiro atoms. The van der Waals surface area contributed by atoms with E-state index in [1.807, 2.05) is 6.07 Å². The summed E-state index contributed by atoms with van der Waals surface area (Å²) in [6.07, 6.45) is 0. The highest BCUT2D eigenvalue weighted by molar-refractivity contribution is 5.47. The first-order valence-corrected chi connectivity index (χ1v) is 4.87. The van der Waals surface area contributed by atoms with E-state index in [0.717, 1.165) is 6.07 Å². The Balaban J connectivity index is 2.38. The van der Waals surface area contributed by atoms with Crippen molar-refractivity contribution in [2.24, 2.45) is 0 Å². The van der Waals surface area contributed by atoms with Gasteiger partial charge < -0.3 is 4.74 Å². The number of hydrogen-bond donors (Lipinski definition) is 0. The molecule has 0 amide bonds. The molecule has 16 heavy (non-hydrogen) atoms. The molecular formula is C13H10FO2. The fourth-order valence-electron chi connectivity index (χ4n) is 1.38. The van der Waals surface area contributed by atoms with E-state index >= 15 is 0 Å². The van der Waals surface area contributed by atoms with E-state index in [1.54, 1.807) is 24.3 Å². The second-order valence-electron chi connectivity index (χ2n) is 3.41. The molecule has 0 unspecified atom stereocenters. The average Bonchev–Trinajstić information content (AvgIpc) is 2.31. The molecule has 0 bridgehead atoms.